The minimum Gasteiger partial charge on any atom is -0.299 e. The SMILES string of the molecule is CSc1ccc2c(c1)C(C)(C)NC2(C)C. The standard InChI is InChI=1S/C13H19NS/c1-12(2)10-7-6-9(15-5)8-11(10)13(3,4)14-12/h6-8,14H,1-5H3. The molecule has 2 rings (SSSR count). The Bertz CT molecular complexity index is 394. The quantitative estimate of drug-likeness (QED) is 0.729. The van der Waals surface area contributed by atoms with Crippen LogP contribution in [0, 0.1) is 0 Å². The molecular formula is C13H19NS. The van der Waals surface area contributed by atoms with Crippen LogP contribution in [0.25, 0.3) is 0 Å². The van der Waals surface area contributed by atoms with Gasteiger partial charge in [0.2, 0.25) is 0 Å². The first-order valence-corrected chi connectivity index (χ1v) is 6.58. The number of fused-ring (bicyclic) bond motifs is 1. The van der Waals surface area contributed by atoms with Crippen LogP contribution in [0.5, 0.6) is 0 Å². The summed E-state index contributed by atoms with van der Waals surface area (Å²) in [6, 6.07) is 6.80. The Kier molecular flexibility index (Phi) is 2.40. The second-order valence-corrected chi connectivity index (χ2v) is 6.17. The summed E-state index contributed by atoms with van der Waals surface area (Å²) < 4.78 is 0. The second kappa shape index (κ2) is 3.26. The van der Waals surface area contributed by atoms with Crippen molar-refractivity contribution in [1.29, 1.82) is 0 Å². The molecule has 1 N–H and O–H groups in total. The third-order valence-corrected chi connectivity index (χ3v) is 3.92. The van der Waals surface area contributed by atoms with Crippen molar-refractivity contribution in [3.8, 4) is 0 Å². The maximum Gasteiger partial charge on any atom is 0.0388 e. The molecule has 0 radical (unpaired) electrons. The van der Waals surface area contributed by atoms with Gasteiger partial charge in [-0.25, -0.2) is 0 Å². The average molecular weight is 221 g/mol. The molecule has 1 aromatic carbocycles. The molecular weight excluding hydrogens is 202 g/mol. The molecule has 0 aliphatic carbocycles. The topological polar surface area (TPSA) is 12.0 Å². The summed E-state index contributed by atoms with van der Waals surface area (Å²) in [4.78, 5) is 1.35. The lowest BCUT2D eigenvalue weighted by atomic mass is 9.91. The zero-order chi connectivity index (χ0) is 11.3. The largest absolute Gasteiger partial charge is 0.299 e. The van der Waals surface area contributed by atoms with E-state index in [2.05, 4.69) is 57.5 Å². The molecule has 1 aliphatic heterocycles. The van der Waals surface area contributed by atoms with Gasteiger partial charge in [-0.2, -0.15) is 0 Å². The van der Waals surface area contributed by atoms with E-state index in [4.69, 9.17) is 0 Å². The van der Waals surface area contributed by atoms with E-state index in [1.165, 1.54) is 16.0 Å². The summed E-state index contributed by atoms with van der Waals surface area (Å²) in [7, 11) is 0. The molecule has 1 aromatic rings. The van der Waals surface area contributed by atoms with Gasteiger partial charge in [0.15, 0.2) is 0 Å². The molecule has 15 heavy (non-hydrogen) atoms. The molecule has 0 saturated carbocycles. The van der Waals surface area contributed by atoms with Crippen LogP contribution >= 0.6 is 11.8 Å². The first-order valence-electron chi connectivity index (χ1n) is 5.35. The first kappa shape index (κ1) is 11.0. The van der Waals surface area contributed by atoms with Gasteiger partial charge in [0, 0.05) is 16.0 Å². The molecule has 1 heterocycles. The van der Waals surface area contributed by atoms with Gasteiger partial charge in [0.05, 0.1) is 0 Å². The highest BCUT2D eigenvalue weighted by molar-refractivity contribution is 7.98. The Labute approximate surface area is 96.7 Å². The monoisotopic (exact) mass is 221 g/mol. The molecule has 82 valence electrons. The lowest BCUT2D eigenvalue weighted by Gasteiger charge is -2.25. The lowest BCUT2D eigenvalue weighted by molar-refractivity contribution is 0.319. The van der Waals surface area contributed by atoms with Crippen LogP contribution in [0.3, 0.4) is 0 Å². The fourth-order valence-electron chi connectivity index (χ4n) is 2.63. The molecule has 1 nitrogen and oxygen atoms in total. The highest BCUT2D eigenvalue weighted by atomic mass is 32.2. The number of nitrogens with one attached hydrogen (secondary N) is 1. The van der Waals surface area contributed by atoms with Crippen LogP contribution in [0.1, 0.15) is 38.8 Å². The zero-order valence-corrected chi connectivity index (χ0v) is 11.0. The predicted molar refractivity (Wildman–Crippen MR) is 67.4 cm³/mol. The van der Waals surface area contributed by atoms with Crippen LogP contribution < -0.4 is 5.32 Å². The Morgan fingerprint density at radius 1 is 1.00 bits per heavy atom. The summed E-state index contributed by atoms with van der Waals surface area (Å²) in [5, 5.41) is 3.68. The summed E-state index contributed by atoms with van der Waals surface area (Å²) in [5.41, 5.74) is 3.06. The summed E-state index contributed by atoms with van der Waals surface area (Å²) >= 11 is 1.81. The average Bonchev–Trinajstić information content (AvgIpc) is 2.32. The van der Waals surface area contributed by atoms with Gasteiger partial charge in [-0.05, 0) is 57.2 Å². The van der Waals surface area contributed by atoms with Crippen molar-refractivity contribution in [2.75, 3.05) is 6.26 Å². The summed E-state index contributed by atoms with van der Waals surface area (Å²) in [5.74, 6) is 0. The molecule has 0 saturated heterocycles. The highest BCUT2D eigenvalue weighted by Gasteiger charge is 2.40. The lowest BCUT2D eigenvalue weighted by Crippen LogP contribution is -2.39. The van der Waals surface area contributed by atoms with Crippen LogP contribution in [0.15, 0.2) is 23.1 Å². The highest BCUT2D eigenvalue weighted by Crippen LogP contribution is 2.41. The number of hydrogen-bond donors (Lipinski definition) is 1. The van der Waals surface area contributed by atoms with E-state index in [0.717, 1.165) is 0 Å². The van der Waals surface area contributed by atoms with E-state index < -0.39 is 0 Å². The normalized spacial score (nSPS) is 21.4. The minimum atomic E-state index is 0.0879. The van der Waals surface area contributed by atoms with Gasteiger partial charge in [-0.1, -0.05) is 6.07 Å². The van der Waals surface area contributed by atoms with Crippen LogP contribution in [0.4, 0.5) is 0 Å². The van der Waals surface area contributed by atoms with Crippen LogP contribution in [-0.2, 0) is 11.1 Å². The third kappa shape index (κ3) is 1.70. The number of rotatable bonds is 1. The van der Waals surface area contributed by atoms with Crippen molar-refractivity contribution < 1.29 is 0 Å². The van der Waals surface area contributed by atoms with E-state index in [9.17, 15) is 0 Å². The Morgan fingerprint density at radius 2 is 1.60 bits per heavy atom. The van der Waals surface area contributed by atoms with Gasteiger partial charge in [-0.3, -0.25) is 5.32 Å². The van der Waals surface area contributed by atoms with Crippen molar-refractivity contribution in [2.45, 2.75) is 43.7 Å². The van der Waals surface area contributed by atoms with Crippen molar-refractivity contribution in [3.63, 3.8) is 0 Å². The molecule has 0 aromatic heterocycles. The fraction of sp³-hybridized carbons (Fsp3) is 0.538. The van der Waals surface area contributed by atoms with E-state index >= 15 is 0 Å². The predicted octanol–water partition coefficient (Wildman–Crippen LogP) is 3.48. The van der Waals surface area contributed by atoms with Crippen LogP contribution in [-0.4, -0.2) is 6.26 Å². The number of benzene rings is 1. The molecule has 0 amide bonds. The minimum absolute atomic E-state index is 0.0879. The van der Waals surface area contributed by atoms with Gasteiger partial charge >= 0.3 is 0 Å². The fourth-order valence-corrected chi connectivity index (χ4v) is 3.07. The summed E-state index contributed by atoms with van der Waals surface area (Å²) in [6.07, 6.45) is 2.13. The molecule has 0 bridgehead atoms. The van der Waals surface area contributed by atoms with Crippen molar-refractivity contribution in [2.24, 2.45) is 0 Å². The molecule has 0 spiro atoms. The van der Waals surface area contributed by atoms with Crippen molar-refractivity contribution >= 4 is 11.8 Å². The molecule has 0 unspecified atom stereocenters. The number of hydrogen-bond acceptors (Lipinski definition) is 2. The van der Waals surface area contributed by atoms with E-state index in [-0.39, 0.29) is 11.1 Å². The summed E-state index contributed by atoms with van der Waals surface area (Å²) in [6.45, 7) is 9.01. The third-order valence-electron chi connectivity index (χ3n) is 3.20. The molecule has 0 fully saturated rings. The van der Waals surface area contributed by atoms with Crippen molar-refractivity contribution in [3.05, 3.63) is 29.3 Å². The maximum atomic E-state index is 3.68. The van der Waals surface area contributed by atoms with E-state index in [1.807, 2.05) is 11.8 Å². The first-order chi connectivity index (χ1) is 6.87. The van der Waals surface area contributed by atoms with Gasteiger partial charge in [0.25, 0.3) is 0 Å². The Hall–Kier alpha value is -0.470. The van der Waals surface area contributed by atoms with Gasteiger partial charge < -0.3 is 0 Å². The smallest absolute Gasteiger partial charge is 0.0388 e. The molecule has 2 heteroatoms. The van der Waals surface area contributed by atoms with Gasteiger partial charge in [0.1, 0.15) is 0 Å². The number of thioether (sulfide) groups is 1. The van der Waals surface area contributed by atoms with Crippen LogP contribution in [0.2, 0.25) is 0 Å². The Morgan fingerprint density at radius 3 is 2.20 bits per heavy atom. The van der Waals surface area contributed by atoms with E-state index in [1.54, 1.807) is 0 Å². The Balaban J connectivity index is 2.60. The zero-order valence-electron chi connectivity index (χ0n) is 10.1. The van der Waals surface area contributed by atoms with Crippen molar-refractivity contribution in [1.82, 2.24) is 5.32 Å². The maximum absolute atomic E-state index is 3.68. The van der Waals surface area contributed by atoms with Gasteiger partial charge in [-0.15, -0.1) is 11.8 Å². The van der Waals surface area contributed by atoms with E-state index in [0.29, 0.717) is 0 Å². The molecule has 1 aliphatic rings. The molecule has 0 atom stereocenters. The second-order valence-electron chi connectivity index (χ2n) is 5.29.